The second-order valence-electron chi connectivity index (χ2n) is 5.52. The average molecular weight is 323 g/mol. The van der Waals surface area contributed by atoms with Crippen molar-refractivity contribution in [1.29, 1.82) is 0 Å². The van der Waals surface area contributed by atoms with Crippen LogP contribution in [0.2, 0.25) is 0 Å². The number of pyridine rings is 1. The summed E-state index contributed by atoms with van der Waals surface area (Å²) in [7, 11) is 1.84. The van der Waals surface area contributed by atoms with Crippen LogP contribution in [0.25, 0.3) is 10.9 Å². The topological polar surface area (TPSA) is 49.7 Å². The highest BCUT2D eigenvalue weighted by atomic mass is 19.4. The van der Waals surface area contributed by atoms with Crippen molar-refractivity contribution < 1.29 is 13.2 Å². The van der Waals surface area contributed by atoms with Crippen molar-refractivity contribution in [1.82, 2.24) is 24.4 Å². The molecule has 3 aromatic rings. The Morgan fingerprint density at radius 3 is 2.83 bits per heavy atom. The number of halogens is 3. The number of fused-ring (bicyclic) bond motifs is 1. The molecule has 0 aromatic carbocycles. The van der Waals surface area contributed by atoms with Crippen molar-refractivity contribution in [3.05, 3.63) is 48.4 Å². The van der Waals surface area contributed by atoms with Gasteiger partial charge < -0.3 is 9.55 Å². The van der Waals surface area contributed by atoms with Gasteiger partial charge in [-0.25, -0.2) is 4.98 Å². The molecule has 0 atom stereocenters. The first-order valence-electron chi connectivity index (χ1n) is 7.07. The average Bonchev–Trinajstić information content (AvgIpc) is 3.03. The van der Waals surface area contributed by atoms with Crippen LogP contribution in [0.1, 0.15) is 11.5 Å². The van der Waals surface area contributed by atoms with Crippen LogP contribution in [-0.2, 0) is 19.6 Å². The van der Waals surface area contributed by atoms with Crippen molar-refractivity contribution in [2.45, 2.75) is 25.8 Å². The monoisotopic (exact) mass is 323 g/mol. The minimum Gasteiger partial charge on any atom is -0.357 e. The van der Waals surface area contributed by atoms with Crippen LogP contribution in [0.5, 0.6) is 0 Å². The predicted molar refractivity (Wildman–Crippen MR) is 79.5 cm³/mol. The molecule has 3 heterocycles. The number of H-pyrrole nitrogens is 1. The first-order valence-corrected chi connectivity index (χ1v) is 7.07. The predicted octanol–water partition coefficient (Wildman–Crippen LogP) is 2.95. The SMILES string of the molecule is CN(Cc1cc2cnccc2[nH]1)Cc1nccn1CC(F)(F)F. The third kappa shape index (κ3) is 3.89. The molecule has 0 amide bonds. The van der Waals surface area contributed by atoms with Gasteiger partial charge in [-0.05, 0) is 19.2 Å². The van der Waals surface area contributed by atoms with Gasteiger partial charge in [0, 0.05) is 47.9 Å². The van der Waals surface area contributed by atoms with Gasteiger partial charge >= 0.3 is 6.18 Å². The zero-order valence-electron chi connectivity index (χ0n) is 12.5. The summed E-state index contributed by atoms with van der Waals surface area (Å²) < 4.78 is 38.7. The number of aromatic amines is 1. The molecule has 23 heavy (non-hydrogen) atoms. The molecular weight excluding hydrogens is 307 g/mol. The zero-order valence-corrected chi connectivity index (χ0v) is 12.5. The van der Waals surface area contributed by atoms with E-state index in [9.17, 15) is 13.2 Å². The summed E-state index contributed by atoms with van der Waals surface area (Å²) in [5, 5.41) is 1.01. The van der Waals surface area contributed by atoms with E-state index in [0.717, 1.165) is 21.2 Å². The Balaban J connectivity index is 1.67. The Morgan fingerprint density at radius 1 is 1.26 bits per heavy atom. The molecule has 0 saturated heterocycles. The molecule has 0 spiro atoms. The summed E-state index contributed by atoms with van der Waals surface area (Å²) in [6.07, 6.45) is 1.97. The Hall–Kier alpha value is -2.35. The molecule has 1 N–H and O–H groups in total. The van der Waals surface area contributed by atoms with E-state index in [-0.39, 0.29) is 0 Å². The van der Waals surface area contributed by atoms with Crippen LogP contribution in [0.3, 0.4) is 0 Å². The van der Waals surface area contributed by atoms with Crippen molar-refractivity contribution in [2.24, 2.45) is 0 Å². The van der Waals surface area contributed by atoms with Crippen LogP contribution in [0, 0.1) is 0 Å². The first kappa shape index (κ1) is 15.5. The summed E-state index contributed by atoms with van der Waals surface area (Å²) in [6.45, 7) is -0.113. The normalized spacial score (nSPS) is 12.4. The third-order valence-electron chi connectivity index (χ3n) is 3.48. The summed E-state index contributed by atoms with van der Waals surface area (Å²) in [4.78, 5) is 13.3. The number of imidazole rings is 1. The van der Waals surface area contributed by atoms with Crippen molar-refractivity contribution in [3.8, 4) is 0 Å². The van der Waals surface area contributed by atoms with Gasteiger partial charge in [0.25, 0.3) is 0 Å². The maximum absolute atomic E-state index is 12.5. The van der Waals surface area contributed by atoms with Crippen LogP contribution in [-0.4, -0.2) is 37.6 Å². The lowest BCUT2D eigenvalue weighted by Crippen LogP contribution is -2.24. The lowest BCUT2D eigenvalue weighted by atomic mass is 10.3. The molecule has 0 saturated carbocycles. The van der Waals surface area contributed by atoms with Gasteiger partial charge in [-0.1, -0.05) is 0 Å². The lowest BCUT2D eigenvalue weighted by molar-refractivity contribution is -0.141. The van der Waals surface area contributed by atoms with E-state index in [1.165, 1.54) is 12.4 Å². The van der Waals surface area contributed by atoms with E-state index in [1.807, 2.05) is 24.1 Å². The zero-order chi connectivity index (χ0) is 16.4. The van der Waals surface area contributed by atoms with E-state index in [1.54, 1.807) is 12.4 Å². The standard InChI is InChI=1S/C15H16F3N5/c1-22(8-12-6-11-7-19-3-2-13(11)21-12)9-14-20-4-5-23(14)10-15(16,17)18/h2-7,21H,8-10H2,1H3. The highest BCUT2D eigenvalue weighted by Gasteiger charge is 2.28. The van der Waals surface area contributed by atoms with Gasteiger partial charge in [-0.15, -0.1) is 0 Å². The van der Waals surface area contributed by atoms with Gasteiger partial charge in [0.15, 0.2) is 0 Å². The molecule has 122 valence electrons. The minimum atomic E-state index is -4.25. The number of rotatable bonds is 5. The Bertz CT molecular complexity index is 757. The molecule has 8 heteroatoms. The Kier molecular flexibility index (Phi) is 4.08. The molecule has 0 aliphatic heterocycles. The molecule has 0 aliphatic rings. The molecule has 0 aliphatic carbocycles. The number of alkyl halides is 3. The van der Waals surface area contributed by atoms with E-state index in [0.29, 0.717) is 18.9 Å². The molecule has 3 aromatic heterocycles. The van der Waals surface area contributed by atoms with Crippen LogP contribution in [0.15, 0.2) is 36.9 Å². The maximum atomic E-state index is 12.5. The van der Waals surface area contributed by atoms with Gasteiger partial charge in [0.05, 0.1) is 6.54 Å². The quantitative estimate of drug-likeness (QED) is 0.785. The molecule has 0 radical (unpaired) electrons. The number of hydrogen-bond acceptors (Lipinski definition) is 3. The van der Waals surface area contributed by atoms with Gasteiger partial charge in [-0.2, -0.15) is 13.2 Å². The van der Waals surface area contributed by atoms with Crippen LogP contribution >= 0.6 is 0 Å². The van der Waals surface area contributed by atoms with Crippen LogP contribution < -0.4 is 0 Å². The highest BCUT2D eigenvalue weighted by Crippen LogP contribution is 2.19. The fraction of sp³-hybridized carbons (Fsp3) is 0.333. The Morgan fingerprint density at radius 2 is 2.09 bits per heavy atom. The number of nitrogens with zero attached hydrogens (tertiary/aromatic N) is 4. The smallest absolute Gasteiger partial charge is 0.357 e. The molecule has 0 bridgehead atoms. The summed E-state index contributed by atoms with van der Waals surface area (Å²) in [5.41, 5.74) is 1.96. The summed E-state index contributed by atoms with van der Waals surface area (Å²) >= 11 is 0. The van der Waals surface area contributed by atoms with Crippen molar-refractivity contribution in [2.75, 3.05) is 7.05 Å². The van der Waals surface area contributed by atoms with Gasteiger partial charge in [0.1, 0.15) is 12.4 Å². The fourth-order valence-electron chi connectivity index (χ4n) is 2.53. The van der Waals surface area contributed by atoms with Gasteiger partial charge in [-0.3, -0.25) is 9.88 Å². The van der Waals surface area contributed by atoms with Crippen molar-refractivity contribution >= 4 is 10.9 Å². The maximum Gasteiger partial charge on any atom is 0.406 e. The van der Waals surface area contributed by atoms with E-state index in [2.05, 4.69) is 15.0 Å². The van der Waals surface area contributed by atoms with Crippen LogP contribution in [0.4, 0.5) is 13.2 Å². The van der Waals surface area contributed by atoms with Gasteiger partial charge in [0.2, 0.25) is 0 Å². The van der Waals surface area contributed by atoms with E-state index >= 15 is 0 Å². The summed E-state index contributed by atoms with van der Waals surface area (Å²) in [5.74, 6) is 0.391. The van der Waals surface area contributed by atoms with Crippen molar-refractivity contribution in [3.63, 3.8) is 0 Å². The second-order valence-corrected chi connectivity index (χ2v) is 5.52. The number of hydrogen-bond donors (Lipinski definition) is 1. The third-order valence-corrected chi connectivity index (χ3v) is 3.48. The largest absolute Gasteiger partial charge is 0.406 e. The molecule has 3 rings (SSSR count). The lowest BCUT2D eigenvalue weighted by Gasteiger charge is -2.17. The van der Waals surface area contributed by atoms with E-state index in [4.69, 9.17) is 0 Å². The summed E-state index contributed by atoms with van der Waals surface area (Å²) in [6, 6.07) is 3.87. The van der Waals surface area contributed by atoms with E-state index < -0.39 is 12.7 Å². The fourth-order valence-corrected chi connectivity index (χ4v) is 2.53. The molecular formula is C15H16F3N5. The second kappa shape index (κ2) is 6.04. The number of nitrogens with one attached hydrogen (secondary N) is 1. The first-order chi connectivity index (χ1) is 10.9. The highest BCUT2D eigenvalue weighted by molar-refractivity contribution is 5.79. The Labute approximate surface area is 130 Å². The molecule has 0 fully saturated rings. The number of aromatic nitrogens is 4. The minimum absolute atomic E-state index is 0.330. The molecule has 0 unspecified atom stereocenters. The molecule has 5 nitrogen and oxygen atoms in total.